The molecule has 1 fully saturated rings. The Hall–Kier alpha value is -0.640. The van der Waals surface area contributed by atoms with Gasteiger partial charge in [-0.3, -0.25) is 4.90 Å². The lowest BCUT2D eigenvalue weighted by Crippen LogP contribution is -2.31. The summed E-state index contributed by atoms with van der Waals surface area (Å²) < 4.78 is 12.8. The summed E-state index contributed by atoms with van der Waals surface area (Å²) in [6.45, 7) is 3.16. The van der Waals surface area contributed by atoms with Crippen LogP contribution in [0.3, 0.4) is 0 Å². The zero-order chi connectivity index (χ0) is 12.1. The van der Waals surface area contributed by atoms with E-state index in [1.807, 2.05) is 12.1 Å². The molecule has 1 aliphatic rings. The Morgan fingerprint density at radius 1 is 1.22 bits per heavy atom. The molecule has 0 saturated carbocycles. The van der Waals surface area contributed by atoms with Crippen LogP contribution in [0.25, 0.3) is 0 Å². The number of rotatable bonds is 3. The molecule has 1 N–H and O–H groups in total. The summed E-state index contributed by atoms with van der Waals surface area (Å²) in [5.41, 5.74) is 1.19. The molecule has 0 aromatic heterocycles. The van der Waals surface area contributed by atoms with Gasteiger partial charge in [0.25, 0.3) is 0 Å². The molecule has 1 saturated heterocycles. The lowest BCUT2D eigenvalue weighted by Gasteiger charge is -2.26. The van der Waals surface area contributed by atoms with Crippen LogP contribution in [0.4, 0.5) is 4.39 Å². The third-order valence-corrected chi connectivity index (χ3v) is 3.51. The van der Waals surface area contributed by atoms with Crippen LogP contribution < -0.4 is 5.32 Å². The molecule has 1 heterocycles. The summed E-state index contributed by atoms with van der Waals surface area (Å²) in [6.07, 6.45) is 3.71. The lowest BCUT2D eigenvalue weighted by molar-refractivity contribution is 0.216. The third-order valence-electron chi connectivity index (χ3n) is 3.51. The molecule has 102 valence electrons. The van der Waals surface area contributed by atoms with Gasteiger partial charge in [-0.2, -0.15) is 0 Å². The van der Waals surface area contributed by atoms with Crippen LogP contribution in [-0.4, -0.2) is 31.1 Å². The highest BCUT2D eigenvalue weighted by atomic mass is 35.5. The fraction of sp³-hybridized carbons (Fsp3) is 0.571. The highest BCUT2D eigenvalue weighted by molar-refractivity contribution is 5.85. The largest absolute Gasteiger partial charge is 0.317 e. The molecule has 1 aromatic rings. The molecule has 0 radical (unpaired) electrons. The Morgan fingerprint density at radius 2 is 1.94 bits per heavy atom. The Morgan fingerprint density at radius 3 is 2.67 bits per heavy atom. The normalized spacial score (nSPS) is 20.3. The molecule has 0 spiro atoms. The van der Waals surface area contributed by atoms with Crippen LogP contribution in [0.5, 0.6) is 0 Å². The van der Waals surface area contributed by atoms with Crippen molar-refractivity contribution in [2.24, 2.45) is 0 Å². The molecule has 1 unspecified atom stereocenters. The summed E-state index contributed by atoms with van der Waals surface area (Å²) in [5.74, 6) is -0.157. The zero-order valence-corrected chi connectivity index (χ0v) is 11.7. The molecule has 2 nitrogen and oxygen atoms in total. The monoisotopic (exact) mass is 272 g/mol. The minimum atomic E-state index is -0.157. The standard InChI is InChI=1S/C14H21FN2.ClH/c1-17(14-3-2-9-16-10-8-14)11-12-4-6-13(15)7-5-12;/h4-7,14,16H,2-3,8-11H2,1H3;1H. The average Bonchev–Trinajstić information content (AvgIpc) is 2.61. The summed E-state index contributed by atoms with van der Waals surface area (Å²) in [6, 6.07) is 7.48. The smallest absolute Gasteiger partial charge is 0.123 e. The molecule has 0 aliphatic carbocycles. The van der Waals surface area contributed by atoms with Gasteiger partial charge in [0, 0.05) is 12.6 Å². The quantitative estimate of drug-likeness (QED) is 0.910. The van der Waals surface area contributed by atoms with E-state index >= 15 is 0 Å². The van der Waals surface area contributed by atoms with E-state index in [1.54, 1.807) is 0 Å². The van der Waals surface area contributed by atoms with Gasteiger partial charge in [-0.15, -0.1) is 12.4 Å². The van der Waals surface area contributed by atoms with Crippen molar-refractivity contribution in [1.82, 2.24) is 10.2 Å². The van der Waals surface area contributed by atoms with Crippen LogP contribution in [0.2, 0.25) is 0 Å². The van der Waals surface area contributed by atoms with Gasteiger partial charge in [-0.05, 0) is 57.1 Å². The minimum Gasteiger partial charge on any atom is -0.317 e. The molecular formula is C14H22ClFN2. The van der Waals surface area contributed by atoms with Crippen LogP contribution in [0.15, 0.2) is 24.3 Å². The van der Waals surface area contributed by atoms with E-state index in [9.17, 15) is 4.39 Å². The first kappa shape index (κ1) is 15.4. The van der Waals surface area contributed by atoms with Crippen LogP contribution in [0, 0.1) is 5.82 Å². The van der Waals surface area contributed by atoms with Gasteiger partial charge >= 0.3 is 0 Å². The number of hydrogen-bond acceptors (Lipinski definition) is 2. The maximum atomic E-state index is 12.8. The first-order chi connectivity index (χ1) is 8.25. The topological polar surface area (TPSA) is 15.3 Å². The lowest BCUT2D eigenvalue weighted by atomic mass is 10.1. The fourth-order valence-electron chi connectivity index (χ4n) is 2.45. The van der Waals surface area contributed by atoms with Crippen LogP contribution in [-0.2, 0) is 6.54 Å². The molecule has 1 aromatic carbocycles. The van der Waals surface area contributed by atoms with Gasteiger partial charge in [0.15, 0.2) is 0 Å². The van der Waals surface area contributed by atoms with Crippen molar-refractivity contribution in [2.45, 2.75) is 31.8 Å². The van der Waals surface area contributed by atoms with E-state index < -0.39 is 0 Å². The summed E-state index contributed by atoms with van der Waals surface area (Å²) in [7, 11) is 2.17. The van der Waals surface area contributed by atoms with Crippen molar-refractivity contribution < 1.29 is 4.39 Å². The molecule has 1 aliphatic heterocycles. The van der Waals surface area contributed by atoms with Crippen molar-refractivity contribution in [3.05, 3.63) is 35.6 Å². The van der Waals surface area contributed by atoms with Gasteiger partial charge in [-0.1, -0.05) is 12.1 Å². The third kappa shape index (κ3) is 4.56. The van der Waals surface area contributed by atoms with Crippen LogP contribution >= 0.6 is 12.4 Å². The Kier molecular flexibility index (Phi) is 6.61. The maximum Gasteiger partial charge on any atom is 0.123 e. The first-order valence-corrected chi connectivity index (χ1v) is 6.41. The van der Waals surface area contributed by atoms with E-state index in [-0.39, 0.29) is 18.2 Å². The number of halogens is 2. The predicted molar refractivity (Wildman–Crippen MR) is 75.6 cm³/mol. The Bertz CT molecular complexity index is 334. The van der Waals surface area contributed by atoms with Crippen molar-refractivity contribution in [2.75, 3.05) is 20.1 Å². The van der Waals surface area contributed by atoms with Gasteiger partial charge in [0.05, 0.1) is 0 Å². The van der Waals surface area contributed by atoms with Gasteiger partial charge < -0.3 is 5.32 Å². The fourth-order valence-corrected chi connectivity index (χ4v) is 2.45. The van der Waals surface area contributed by atoms with E-state index in [4.69, 9.17) is 0 Å². The number of benzene rings is 1. The molecule has 4 heteroatoms. The first-order valence-electron chi connectivity index (χ1n) is 6.41. The number of nitrogens with zero attached hydrogens (tertiary/aromatic N) is 1. The molecule has 1 atom stereocenters. The summed E-state index contributed by atoms with van der Waals surface area (Å²) in [5, 5.41) is 3.43. The van der Waals surface area contributed by atoms with E-state index in [1.165, 1.54) is 37.0 Å². The highest BCUT2D eigenvalue weighted by Crippen LogP contribution is 2.15. The summed E-state index contributed by atoms with van der Waals surface area (Å²) >= 11 is 0. The maximum absolute atomic E-state index is 12.8. The predicted octanol–water partition coefficient (Wildman–Crippen LogP) is 2.82. The molecule has 2 rings (SSSR count). The molecular weight excluding hydrogens is 251 g/mol. The highest BCUT2D eigenvalue weighted by Gasteiger charge is 2.16. The van der Waals surface area contributed by atoms with Gasteiger partial charge in [0.1, 0.15) is 5.82 Å². The zero-order valence-electron chi connectivity index (χ0n) is 10.9. The molecule has 0 bridgehead atoms. The number of nitrogens with one attached hydrogen (secondary N) is 1. The minimum absolute atomic E-state index is 0. The van der Waals surface area contributed by atoms with Crippen molar-refractivity contribution in [3.63, 3.8) is 0 Å². The van der Waals surface area contributed by atoms with E-state index in [2.05, 4.69) is 17.3 Å². The second-order valence-corrected chi connectivity index (χ2v) is 4.88. The number of hydrogen-bond donors (Lipinski definition) is 1. The second-order valence-electron chi connectivity index (χ2n) is 4.88. The van der Waals surface area contributed by atoms with Crippen LogP contribution in [0.1, 0.15) is 24.8 Å². The van der Waals surface area contributed by atoms with Crippen molar-refractivity contribution in [3.8, 4) is 0 Å². The van der Waals surface area contributed by atoms with Crippen molar-refractivity contribution in [1.29, 1.82) is 0 Å². The summed E-state index contributed by atoms with van der Waals surface area (Å²) in [4.78, 5) is 2.39. The van der Waals surface area contributed by atoms with E-state index in [0.717, 1.165) is 19.6 Å². The second kappa shape index (κ2) is 7.72. The van der Waals surface area contributed by atoms with E-state index in [0.29, 0.717) is 6.04 Å². The molecule has 18 heavy (non-hydrogen) atoms. The molecule has 0 amide bonds. The SMILES string of the molecule is CN(Cc1ccc(F)cc1)C1CCCNCC1.Cl. The van der Waals surface area contributed by atoms with Crippen molar-refractivity contribution >= 4 is 12.4 Å². The average molecular weight is 273 g/mol. The van der Waals surface area contributed by atoms with Gasteiger partial charge in [-0.25, -0.2) is 4.39 Å². The Balaban J connectivity index is 0.00000162. The van der Waals surface area contributed by atoms with Gasteiger partial charge in [0.2, 0.25) is 0 Å². The Labute approximate surface area is 115 Å².